The zero-order valence-electron chi connectivity index (χ0n) is 9.15. The summed E-state index contributed by atoms with van der Waals surface area (Å²) in [6, 6.07) is -0.660. The van der Waals surface area contributed by atoms with E-state index in [4.69, 9.17) is 4.74 Å². The second-order valence-corrected chi connectivity index (χ2v) is 4.49. The van der Waals surface area contributed by atoms with Gasteiger partial charge in [-0.15, -0.1) is 0 Å². The quantitative estimate of drug-likeness (QED) is 0.612. The van der Waals surface area contributed by atoms with Crippen LogP contribution in [0.2, 0.25) is 0 Å². The van der Waals surface area contributed by atoms with Gasteiger partial charge in [-0.25, -0.2) is 9.69 Å². The second-order valence-electron chi connectivity index (χ2n) is 4.49. The van der Waals surface area contributed by atoms with Gasteiger partial charge in [0.05, 0.1) is 6.04 Å². The van der Waals surface area contributed by atoms with Crippen LogP contribution in [0.1, 0.15) is 33.6 Å². The van der Waals surface area contributed by atoms with Gasteiger partial charge < -0.3 is 9.53 Å². The smallest absolute Gasteiger partial charge is 0.417 e. The Morgan fingerprint density at radius 1 is 1.53 bits per heavy atom. The van der Waals surface area contributed by atoms with Gasteiger partial charge in [-0.1, -0.05) is 0 Å². The highest BCUT2D eigenvalue weighted by Gasteiger charge is 2.38. The van der Waals surface area contributed by atoms with Crippen LogP contribution in [0.3, 0.4) is 0 Å². The van der Waals surface area contributed by atoms with Crippen molar-refractivity contribution in [2.45, 2.75) is 45.3 Å². The van der Waals surface area contributed by atoms with Gasteiger partial charge in [0.2, 0.25) is 5.91 Å². The van der Waals surface area contributed by atoms with E-state index in [1.54, 1.807) is 20.8 Å². The van der Waals surface area contributed by atoms with Gasteiger partial charge in [0.15, 0.2) is 0 Å². The molecule has 0 aliphatic carbocycles. The first-order valence-electron chi connectivity index (χ1n) is 4.85. The molecule has 0 saturated carbocycles. The van der Waals surface area contributed by atoms with Crippen LogP contribution in [-0.4, -0.2) is 34.8 Å². The van der Waals surface area contributed by atoms with E-state index in [1.807, 2.05) is 0 Å². The van der Waals surface area contributed by atoms with Crippen LogP contribution in [-0.2, 0) is 14.3 Å². The summed E-state index contributed by atoms with van der Waals surface area (Å²) in [4.78, 5) is 34.4. The van der Waals surface area contributed by atoms with E-state index in [9.17, 15) is 14.4 Å². The topological polar surface area (TPSA) is 63.7 Å². The van der Waals surface area contributed by atoms with Crippen LogP contribution >= 0.6 is 0 Å². The van der Waals surface area contributed by atoms with E-state index in [0.29, 0.717) is 12.7 Å². The lowest BCUT2D eigenvalue weighted by atomic mass is 10.2. The molecule has 1 heterocycles. The number of hydrogen-bond donors (Lipinski definition) is 0. The number of carbonyl (C=O) groups excluding carboxylic acids is 3. The largest absolute Gasteiger partial charge is 0.443 e. The maximum atomic E-state index is 11.6. The molecule has 5 heteroatoms. The number of aldehydes is 1. The number of ether oxygens (including phenoxy) is 1. The van der Waals surface area contributed by atoms with Crippen molar-refractivity contribution < 1.29 is 19.1 Å². The normalized spacial score (nSPS) is 21.7. The van der Waals surface area contributed by atoms with Crippen LogP contribution in [0.15, 0.2) is 0 Å². The highest BCUT2D eigenvalue weighted by molar-refractivity contribution is 5.97. The summed E-state index contributed by atoms with van der Waals surface area (Å²) < 4.78 is 5.03. The SMILES string of the molecule is CC(C)(C)OC(=O)N1C(=O)CC[C@H]1C=O. The van der Waals surface area contributed by atoms with Gasteiger partial charge in [0.25, 0.3) is 0 Å². The zero-order chi connectivity index (χ0) is 11.6. The minimum Gasteiger partial charge on any atom is -0.443 e. The highest BCUT2D eigenvalue weighted by atomic mass is 16.6. The molecule has 15 heavy (non-hydrogen) atoms. The number of hydrogen-bond acceptors (Lipinski definition) is 4. The van der Waals surface area contributed by atoms with Gasteiger partial charge in [0.1, 0.15) is 11.9 Å². The van der Waals surface area contributed by atoms with Crippen LogP contribution < -0.4 is 0 Å². The Morgan fingerprint density at radius 2 is 2.13 bits per heavy atom. The molecule has 0 N–H and O–H groups in total. The number of amides is 2. The zero-order valence-corrected chi connectivity index (χ0v) is 9.15. The third kappa shape index (κ3) is 2.78. The van der Waals surface area contributed by atoms with Crippen LogP contribution in [0.4, 0.5) is 4.79 Å². The molecule has 84 valence electrons. The third-order valence-corrected chi connectivity index (χ3v) is 2.00. The molecule has 1 atom stereocenters. The standard InChI is InChI=1S/C10H15NO4/c1-10(2,3)15-9(14)11-7(6-12)4-5-8(11)13/h6-7H,4-5H2,1-3H3/t7-/m0/s1. The fourth-order valence-electron chi connectivity index (χ4n) is 1.38. The predicted octanol–water partition coefficient (Wildman–Crippen LogP) is 1.11. The number of nitrogens with zero attached hydrogens (tertiary/aromatic N) is 1. The number of rotatable bonds is 1. The summed E-state index contributed by atoms with van der Waals surface area (Å²) in [5.74, 6) is -0.346. The molecule has 1 fully saturated rings. The van der Waals surface area contributed by atoms with E-state index in [0.717, 1.165) is 4.90 Å². The molecule has 0 radical (unpaired) electrons. The Labute approximate surface area is 88.4 Å². The van der Waals surface area contributed by atoms with Crippen LogP contribution in [0, 0.1) is 0 Å². The van der Waals surface area contributed by atoms with Gasteiger partial charge in [0, 0.05) is 6.42 Å². The Hall–Kier alpha value is -1.39. The molecule has 0 aromatic heterocycles. The molecule has 0 aromatic carbocycles. The molecule has 0 unspecified atom stereocenters. The molecule has 1 aliphatic rings. The van der Waals surface area contributed by atoms with Crippen molar-refractivity contribution in [3.8, 4) is 0 Å². The van der Waals surface area contributed by atoms with Crippen molar-refractivity contribution in [3.63, 3.8) is 0 Å². The van der Waals surface area contributed by atoms with E-state index < -0.39 is 17.7 Å². The van der Waals surface area contributed by atoms with Gasteiger partial charge in [-0.2, -0.15) is 0 Å². The van der Waals surface area contributed by atoms with E-state index in [2.05, 4.69) is 0 Å². The molecule has 5 nitrogen and oxygen atoms in total. The van der Waals surface area contributed by atoms with E-state index in [1.165, 1.54) is 0 Å². The molecule has 1 rings (SSSR count). The summed E-state index contributed by atoms with van der Waals surface area (Å²) in [7, 11) is 0. The summed E-state index contributed by atoms with van der Waals surface area (Å²) in [5.41, 5.74) is -0.659. The van der Waals surface area contributed by atoms with Crippen molar-refractivity contribution in [1.29, 1.82) is 0 Å². The summed E-state index contributed by atoms with van der Waals surface area (Å²) in [6.07, 6.45) is 0.487. The van der Waals surface area contributed by atoms with Crippen molar-refractivity contribution in [1.82, 2.24) is 4.90 Å². The van der Waals surface area contributed by atoms with Crippen molar-refractivity contribution in [3.05, 3.63) is 0 Å². The minimum atomic E-state index is -0.734. The van der Waals surface area contributed by atoms with E-state index >= 15 is 0 Å². The average molecular weight is 213 g/mol. The Kier molecular flexibility index (Phi) is 3.12. The molecular formula is C10H15NO4. The lowest BCUT2D eigenvalue weighted by Gasteiger charge is -2.25. The molecular weight excluding hydrogens is 198 g/mol. The first kappa shape index (κ1) is 11.7. The van der Waals surface area contributed by atoms with E-state index in [-0.39, 0.29) is 12.3 Å². The lowest BCUT2D eigenvalue weighted by molar-refractivity contribution is -0.130. The van der Waals surface area contributed by atoms with Gasteiger partial charge in [-0.3, -0.25) is 4.79 Å². The summed E-state index contributed by atoms with van der Waals surface area (Å²) >= 11 is 0. The predicted molar refractivity (Wildman–Crippen MR) is 52.2 cm³/mol. The van der Waals surface area contributed by atoms with Gasteiger partial charge in [-0.05, 0) is 27.2 Å². The minimum absolute atomic E-state index is 0.225. The third-order valence-electron chi connectivity index (χ3n) is 2.00. The number of imide groups is 1. The average Bonchev–Trinajstić information content (AvgIpc) is 2.43. The maximum Gasteiger partial charge on any atom is 0.417 e. The first-order chi connectivity index (χ1) is 6.85. The van der Waals surface area contributed by atoms with Crippen molar-refractivity contribution in [2.24, 2.45) is 0 Å². The lowest BCUT2D eigenvalue weighted by Crippen LogP contribution is -2.42. The monoisotopic (exact) mass is 213 g/mol. The van der Waals surface area contributed by atoms with Crippen molar-refractivity contribution >= 4 is 18.3 Å². The molecule has 1 aliphatic heterocycles. The first-order valence-corrected chi connectivity index (χ1v) is 4.85. The number of likely N-dealkylation sites (tertiary alicyclic amines) is 1. The summed E-state index contributed by atoms with van der Waals surface area (Å²) in [5, 5.41) is 0. The number of carbonyl (C=O) groups is 3. The fourth-order valence-corrected chi connectivity index (χ4v) is 1.38. The van der Waals surface area contributed by atoms with Crippen LogP contribution in [0.25, 0.3) is 0 Å². The molecule has 0 spiro atoms. The molecule has 2 amide bonds. The fraction of sp³-hybridized carbons (Fsp3) is 0.700. The maximum absolute atomic E-state index is 11.6. The highest BCUT2D eigenvalue weighted by Crippen LogP contribution is 2.20. The second kappa shape index (κ2) is 4.00. The van der Waals surface area contributed by atoms with Crippen LogP contribution in [0.5, 0.6) is 0 Å². The molecule has 0 bridgehead atoms. The van der Waals surface area contributed by atoms with Crippen molar-refractivity contribution in [2.75, 3.05) is 0 Å². The Morgan fingerprint density at radius 3 is 2.60 bits per heavy atom. The summed E-state index contributed by atoms with van der Waals surface area (Å²) in [6.45, 7) is 5.13. The molecule has 1 saturated heterocycles. The Balaban J connectivity index is 2.73. The molecule has 0 aromatic rings. The Bertz CT molecular complexity index is 292. The van der Waals surface area contributed by atoms with Gasteiger partial charge >= 0.3 is 6.09 Å².